The van der Waals surface area contributed by atoms with Crippen LogP contribution in [-0.4, -0.2) is 16.1 Å². The highest BCUT2D eigenvalue weighted by molar-refractivity contribution is 6.32. The molecule has 1 heterocycles. The Hall–Kier alpha value is -1.82. The molecule has 0 spiro atoms. The van der Waals surface area contributed by atoms with Crippen molar-refractivity contribution in [2.45, 2.75) is 6.18 Å². The van der Waals surface area contributed by atoms with E-state index in [1.807, 2.05) is 0 Å². The molecule has 1 aromatic carbocycles. The molecule has 2 rings (SSSR count). The fourth-order valence-electron chi connectivity index (χ4n) is 1.39. The lowest BCUT2D eigenvalue weighted by atomic mass is 10.2. The molecule has 0 saturated heterocycles. The molecule has 0 amide bonds. The van der Waals surface area contributed by atoms with E-state index in [9.17, 15) is 18.0 Å². The van der Waals surface area contributed by atoms with Gasteiger partial charge in [-0.15, -0.1) is 0 Å². The van der Waals surface area contributed by atoms with Crippen LogP contribution in [-0.2, 0) is 6.18 Å². The fraction of sp³-hybridized carbons (Fsp3) is 0.0909. The molecule has 18 heavy (non-hydrogen) atoms. The number of rotatable bonds is 2. The zero-order chi connectivity index (χ0) is 13.3. The summed E-state index contributed by atoms with van der Waals surface area (Å²) >= 11 is 5.87. The molecule has 7 heteroatoms. The van der Waals surface area contributed by atoms with Crippen molar-refractivity contribution in [3.8, 4) is 5.69 Å². The van der Waals surface area contributed by atoms with Gasteiger partial charge in [-0.1, -0.05) is 11.6 Å². The summed E-state index contributed by atoms with van der Waals surface area (Å²) in [6.07, 6.45) is -2.75. The van der Waals surface area contributed by atoms with Crippen molar-refractivity contribution in [2.24, 2.45) is 0 Å². The first-order chi connectivity index (χ1) is 8.41. The first-order valence-corrected chi connectivity index (χ1v) is 5.17. The van der Waals surface area contributed by atoms with Crippen molar-refractivity contribution in [1.82, 2.24) is 9.78 Å². The van der Waals surface area contributed by atoms with Gasteiger partial charge < -0.3 is 0 Å². The van der Waals surface area contributed by atoms with Gasteiger partial charge in [0.15, 0.2) is 5.69 Å². The van der Waals surface area contributed by atoms with Crippen molar-refractivity contribution in [2.75, 3.05) is 0 Å². The van der Waals surface area contributed by atoms with E-state index in [0.717, 1.165) is 16.9 Å². The summed E-state index contributed by atoms with van der Waals surface area (Å²) in [5, 5.41) is 3.54. The van der Waals surface area contributed by atoms with Crippen LogP contribution in [0.15, 0.2) is 30.5 Å². The number of benzene rings is 1. The highest BCUT2D eigenvalue weighted by atomic mass is 35.5. The third-order valence-electron chi connectivity index (χ3n) is 2.23. The van der Waals surface area contributed by atoms with Crippen LogP contribution >= 0.6 is 11.6 Å². The van der Waals surface area contributed by atoms with E-state index in [1.165, 1.54) is 18.2 Å². The van der Waals surface area contributed by atoms with Gasteiger partial charge in [-0.2, -0.15) is 18.3 Å². The third kappa shape index (κ3) is 2.38. The normalized spacial score (nSPS) is 11.6. The average Bonchev–Trinajstić information content (AvgIpc) is 2.77. The van der Waals surface area contributed by atoms with Crippen LogP contribution in [0.4, 0.5) is 13.2 Å². The summed E-state index contributed by atoms with van der Waals surface area (Å²) in [5.41, 5.74) is -0.386. The number of aromatic nitrogens is 2. The maximum atomic E-state index is 12.4. The second kappa shape index (κ2) is 4.45. The molecule has 0 aliphatic heterocycles. The Labute approximate surface area is 105 Å². The van der Waals surface area contributed by atoms with Crippen LogP contribution in [0.5, 0.6) is 0 Å². The van der Waals surface area contributed by atoms with Crippen molar-refractivity contribution in [3.63, 3.8) is 0 Å². The van der Waals surface area contributed by atoms with Gasteiger partial charge in [0, 0.05) is 11.8 Å². The molecule has 1 aromatic heterocycles. The Morgan fingerprint density at radius 1 is 1.28 bits per heavy atom. The molecule has 0 aliphatic carbocycles. The average molecular weight is 275 g/mol. The van der Waals surface area contributed by atoms with Crippen LogP contribution in [0.1, 0.15) is 16.1 Å². The first-order valence-electron chi connectivity index (χ1n) is 4.80. The summed E-state index contributed by atoms with van der Waals surface area (Å²) in [7, 11) is 0. The monoisotopic (exact) mass is 274 g/mol. The maximum absolute atomic E-state index is 12.4. The lowest BCUT2D eigenvalue weighted by Crippen LogP contribution is -2.07. The molecule has 0 saturated carbocycles. The predicted molar refractivity (Wildman–Crippen MR) is 59.0 cm³/mol. The highest BCUT2D eigenvalue weighted by Gasteiger charge is 2.33. The van der Waals surface area contributed by atoms with E-state index in [0.29, 0.717) is 11.8 Å². The lowest BCUT2D eigenvalue weighted by molar-refractivity contribution is -0.141. The second-order valence-electron chi connectivity index (χ2n) is 3.47. The molecule has 0 N–H and O–H groups in total. The molecule has 0 bridgehead atoms. The molecule has 0 fully saturated rings. The Kier molecular flexibility index (Phi) is 3.13. The lowest BCUT2D eigenvalue weighted by Gasteiger charge is -2.05. The maximum Gasteiger partial charge on any atom is 0.435 e. The summed E-state index contributed by atoms with van der Waals surface area (Å²) < 4.78 is 38.2. The Bertz CT molecular complexity index is 592. The van der Waals surface area contributed by atoms with E-state index >= 15 is 0 Å². The molecule has 2 aromatic rings. The first kappa shape index (κ1) is 12.6. The van der Waals surface area contributed by atoms with Gasteiger partial charge in [0.1, 0.15) is 6.29 Å². The van der Waals surface area contributed by atoms with E-state index in [1.54, 1.807) is 0 Å². The minimum Gasteiger partial charge on any atom is -0.298 e. The predicted octanol–water partition coefficient (Wildman–Crippen LogP) is 3.36. The van der Waals surface area contributed by atoms with Crippen LogP contribution in [0.3, 0.4) is 0 Å². The van der Waals surface area contributed by atoms with Gasteiger partial charge in [0.25, 0.3) is 0 Å². The molecule has 94 valence electrons. The number of hydrogen-bond donors (Lipinski definition) is 0. The van der Waals surface area contributed by atoms with E-state index < -0.39 is 11.9 Å². The second-order valence-corrected chi connectivity index (χ2v) is 3.88. The minimum absolute atomic E-state index is 0.149. The number of carbonyl (C=O) groups is 1. The standard InChI is InChI=1S/C11H6ClF3N2O/c12-8-5-7(6-18)1-2-9(8)17-4-3-10(16-17)11(13,14)15/h1-6H. The molecular weight excluding hydrogens is 269 g/mol. The molecule has 0 aliphatic rings. The summed E-state index contributed by atoms with van der Waals surface area (Å²) in [4.78, 5) is 10.5. The van der Waals surface area contributed by atoms with E-state index in [-0.39, 0.29) is 10.7 Å². The Balaban J connectivity index is 2.43. The number of hydrogen-bond acceptors (Lipinski definition) is 2. The van der Waals surface area contributed by atoms with E-state index in [4.69, 9.17) is 11.6 Å². The fourth-order valence-corrected chi connectivity index (χ4v) is 1.67. The van der Waals surface area contributed by atoms with Crippen LogP contribution in [0.25, 0.3) is 5.69 Å². The quantitative estimate of drug-likeness (QED) is 0.787. The van der Waals surface area contributed by atoms with E-state index in [2.05, 4.69) is 5.10 Å². The topological polar surface area (TPSA) is 34.9 Å². The number of nitrogens with zero attached hydrogens (tertiary/aromatic N) is 2. The van der Waals surface area contributed by atoms with Crippen LogP contribution in [0.2, 0.25) is 5.02 Å². The van der Waals surface area contributed by atoms with Crippen LogP contribution < -0.4 is 0 Å². The van der Waals surface area contributed by atoms with Gasteiger partial charge in [-0.05, 0) is 24.3 Å². The zero-order valence-corrected chi connectivity index (χ0v) is 9.53. The largest absolute Gasteiger partial charge is 0.435 e. The van der Waals surface area contributed by atoms with Crippen molar-refractivity contribution >= 4 is 17.9 Å². The van der Waals surface area contributed by atoms with Gasteiger partial charge in [0.2, 0.25) is 0 Å². The Morgan fingerprint density at radius 2 is 2.00 bits per heavy atom. The highest BCUT2D eigenvalue weighted by Crippen LogP contribution is 2.29. The van der Waals surface area contributed by atoms with Crippen molar-refractivity contribution in [3.05, 3.63) is 46.7 Å². The minimum atomic E-state index is -4.50. The van der Waals surface area contributed by atoms with Gasteiger partial charge in [-0.25, -0.2) is 4.68 Å². The summed E-state index contributed by atoms with van der Waals surface area (Å²) in [6, 6.07) is 5.09. The summed E-state index contributed by atoms with van der Waals surface area (Å²) in [5.74, 6) is 0. The van der Waals surface area contributed by atoms with Gasteiger partial charge >= 0.3 is 6.18 Å². The molecule has 0 unspecified atom stereocenters. The molecule has 0 atom stereocenters. The summed E-state index contributed by atoms with van der Waals surface area (Å²) in [6.45, 7) is 0. The third-order valence-corrected chi connectivity index (χ3v) is 2.54. The van der Waals surface area contributed by atoms with Crippen LogP contribution in [0, 0.1) is 0 Å². The number of alkyl halides is 3. The smallest absolute Gasteiger partial charge is 0.298 e. The zero-order valence-electron chi connectivity index (χ0n) is 8.78. The van der Waals surface area contributed by atoms with Gasteiger partial charge in [0.05, 0.1) is 10.7 Å². The molecule has 0 radical (unpaired) electrons. The van der Waals surface area contributed by atoms with Crippen molar-refractivity contribution in [1.29, 1.82) is 0 Å². The van der Waals surface area contributed by atoms with Gasteiger partial charge in [-0.3, -0.25) is 4.79 Å². The Morgan fingerprint density at radius 3 is 2.50 bits per heavy atom. The van der Waals surface area contributed by atoms with Crippen molar-refractivity contribution < 1.29 is 18.0 Å². The molecule has 3 nitrogen and oxygen atoms in total. The molecular formula is C11H6ClF3N2O. The SMILES string of the molecule is O=Cc1ccc(-n2ccc(C(F)(F)F)n2)c(Cl)c1. The number of halogens is 4. The number of carbonyl (C=O) groups excluding carboxylic acids is 1. The number of aldehydes is 1.